The highest BCUT2D eigenvalue weighted by Crippen LogP contribution is 2.25. The summed E-state index contributed by atoms with van der Waals surface area (Å²) in [4.78, 5) is 13.9. The number of rotatable bonds is 6. The smallest absolute Gasteiger partial charge is 0.261 e. The number of amides is 1. The summed E-state index contributed by atoms with van der Waals surface area (Å²) in [5.74, 6) is 0.694. The van der Waals surface area contributed by atoms with Crippen molar-refractivity contribution >= 4 is 27.3 Å². The van der Waals surface area contributed by atoms with Crippen LogP contribution < -0.4 is 14.4 Å². The Hall–Kier alpha value is -2.54. The third kappa shape index (κ3) is 4.16. The first-order chi connectivity index (χ1) is 12.5. The molecule has 3 rings (SSSR count). The fourth-order valence-corrected chi connectivity index (χ4v) is 3.96. The van der Waals surface area contributed by atoms with Crippen molar-refractivity contribution in [1.82, 2.24) is 0 Å². The van der Waals surface area contributed by atoms with Gasteiger partial charge in [-0.2, -0.15) is 0 Å². The summed E-state index contributed by atoms with van der Waals surface area (Å²) in [6, 6.07) is 13.2. The number of benzene rings is 2. The molecular weight excluding hydrogens is 352 g/mol. The summed E-state index contributed by atoms with van der Waals surface area (Å²) in [5.41, 5.74) is 1.14. The lowest BCUT2D eigenvalue weighted by Crippen LogP contribution is -2.35. The monoisotopic (exact) mass is 374 g/mol. The fourth-order valence-electron chi connectivity index (χ4n) is 2.91. The van der Waals surface area contributed by atoms with Gasteiger partial charge in [0.1, 0.15) is 5.75 Å². The van der Waals surface area contributed by atoms with Crippen molar-refractivity contribution in [2.45, 2.75) is 31.1 Å². The van der Waals surface area contributed by atoms with Crippen LogP contribution in [-0.4, -0.2) is 27.5 Å². The first kappa shape index (κ1) is 18.3. The molecule has 1 fully saturated rings. The Kier molecular flexibility index (Phi) is 5.46. The van der Waals surface area contributed by atoms with Crippen LogP contribution in [0.15, 0.2) is 53.4 Å². The zero-order valence-corrected chi connectivity index (χ0v) is 15.5. The Morgan fingerprint density at radius 3 is 2.58 bits per heavy atom. The molecule has 0 saturated carbocycles. The molecule has 138 valence electrons. The zero-order valence-electron chi connectivity index (χ0n) is 14.6. The molecule has 2 aromatic rings. The Labute approximate surface area is 153 Å². The first-order valence-electron chi connectivity index (χ1n) is 8.66. The zero-order chi connectivity index (χ0) is 18.6. The molecule has 1 saturated heterocycles. The molecule has 26 heavy (non-hydrogen) atoms. The van der Waals surface area contributed by atoms with E-state index in [1.807, 2.05) is 13.0 Å². The summed E-state index contributed by atoms with van der Waals surface area (Å²) in [6.07, 6.45) is 2.38. The predicted molar refractivity (Wildman–Crippen MR) is 101 cm³/mol. The summed E-state index contributed by atoms with van der Waals surface area (Å²) in [7, 11) is -3.72. The minimum absolute atomic E-state index is 0.0720. The standard InChI is InChI=1S/C19H22N2O4S/c1-2-25-17-9-11-18(12-10-17)26(23,24)20-15-6-5-7-16(14-15)21-13-4-3-8-19(21)22/h5-7,9-12,14,20H,2-4,8,13H2,1H3. The fraction of sp³-hybridized carbons (Fsp3) is 0.316. The Balaban J connectivity index is 1.79. The molecule has 0 radical (unpaired) electrons. The van der Waals surface area contributed by atoms with Crippen molar-refractivity contribution in [3.8, 4) is 5.75 Å². The molecule has 0 bridgehead atoms. The van der Waals surface area contributed by atoms with Crippen LogP contribution in [0.5, 0.6) is 5.75 Å². The van der Waals surface area contributed by atoms with Gasteiger partial charge in [-0.3, -0.25) is 9.52 Å². The second kappa shape index (κ2) is 7.78. The van der Waals surface area contributed by atoms with Gasteiger partial charge in [0.25, 0.3) is 10.0 Å². The van der Waals surface area contributed by atoms with Gasteiger partial charge < -0.3 is 9.64 Å². The predicted octanol–water partition coefficient (Wildman–Crippen LogP) is 3.40. The van der Waals surface area contributed by atoms with Gasteiger partial charge in [-0.1, -0.05) is 6.07 Å². The molecule has 1 aliphatic rings. The molecule has 7 heteroatoms. The molecule has 0 unspecified atom stereocenters. The molecule has 0 atom stereocenters. The van der Waals surface area contributed by atoms with E-state index in [0.717, 1.165) is 12.8 Å². The van der Waals surface area contributed by atoms with E-state index in [-0.39, 0.29) is 10.8 Å². The van der Waals surface area contributed by atoms with Gasteiger partial charge in [0.2, 0.25) is 5.91 Å². The van der Waals surface area contributed by atoms with E-state index >= 15 is 0 Å². The van der Waals surface area contributed by atoms with Crippen LogP contribution in [0.3, 0.4) is 0 Å². The van der Waals surface area contributed by atoms with Crippen LogP contribution in [-0.2, 0) is 14.8 Å². The largest absolute Gasteiger partial charge is 0.494 e. The number of piperidine rings is 1. The third-order valence-corrected chi connectivity index (χ3v) is 5.58. The van der Waals surface area contributed by atoms with Gasteiger partial charge in [-0.25, -0.2) is 8.42 Å². The molecule has 2 aromatic carbocycles. The third-order valence-electron chi connectivity index (χ3n) is 4.18. The SMILES string of the molecule is CCOc1ccc(S(=O)(=O)Nc2cccc(N3CCCCC3=O)c2)cc1. The molecular formula is C19H22N2O4S. The second-order valence-electron chi connectivity index (χ2n) is 6.06. The maximum atomic E-state index is 12.6. The highest BCUT2D eigenvalue weighted by atomic mass is 32.2. The minimum Gasteiger partial charge on any atom is -0.494 e. The second-order valence-corrected chi connectivity index (χ2v) is 7.75. The normalized spacial score (nSPS) is 15.0. The number of carbonyl (C=O) groups is 1. The van der Waals surface area contributed by atoms with Crippen LogP contribution in [0.2, 0.25) is 0 Å². The first-order valence-corrected chi connectivity index (χ1v) is 10.1. The highest BCUT2D eigenvalue weighted by Gasteiger charge is 2.20. The molecule has 1 aliphatic heterocycles. The highest BCUT2D eigenvalue weighted by molar-refractivity contribution is 7.92. The Morgan fingerprint density at radius 1 is 1.12 bits per heavy atom. The number of anilines is 2. The quantitative estimate of drug-likeness (QED) is 0.841. The summed E-state index contributed by atoms with van der Waals surface area (Å²) in [6.45, 7) is 3.05. The number of ether oxygens (including phenoxy) is 1. The molecule has 0 aromatic heterocycles. The number of carbonyl (C=O) groups excluding carboxylic acids is 1. The van der Waals surface area contributed by atoms with Gasteiger partial charge in [-0.05, 0) is 62.2 Å². The number of hydrogen-bond acceptors (Lipinski definition) is 4. The van der Waals surface area contributed by atoms with Crippen LogP contribution in [0, 0.1) is 0 Å². The van der Waals surface area contributed by atoms with Gasteiger partial charge in [0, 0.05) is 18.7 Å². The summed E-state index contributed by atoms with van der Waals surface area (Å²) >= 11 is 0. The number of hydrogen-bond donors (Lipinski definition) is 1. The molecule has 1 N–H and O–H groups in total. The maximum absolute atomic E-state index is 12.6. The maximum Gasteiger partial charge on any atom is 0.261 e. The lowest BCUT2D eigenvalue weighted by Gasteiger charge is -2.27. The van der Waals surface area contributed by atoms with Crippen LogP contribution >= 0.6 is 0 Å². The molecule has 1 amide bonds. The lowest BCUT2D eigenvalue weighted by atomic mass is 10.1. The van der Waals surface area contributed by atoms with E-state index in [1.165, 1.54) is 12.1 Å². The van der Waals surface area contributed by atoms with Crippen molar-refractivity contribution in [2.75, 3.05) is 22.8 Å². The topological polar surface area (TPSA) is 75.7 Å². The van der Waals surface area contributed by atoms with Gasteiger partial charge >= 0.3 is 0 Å². The van der Waals surface area contributed by atoms with Crippen LogP contribution in [0.4, 0.5) is 11.4 Å². The van der Waals surface area contributed by atoms with E-state index in [2.05, 4.69) is 4.72 Å². The lowest BCUT2D eigenvalue weighted by molar-refractivity contribution is -0.119. The van der Waals surface area contributed by atoms with E-state index < -0.39 is 10.0 Å². The van der Waals surface area contributed by atoms with Gasteiger partial charge in [0.15, 0.2) is 0 Å². The molecule has 0 aliphatic carbocycles. The molecule has 6 nitrogen and oxygen atoms in total. The van der Waals surface area contributed by atoms with Crippen LogP contribution in [0.25, 0.3) is 0 Å². The van der Waals surface area contributed by atoms with Gasteiger partial charge in [0.05, 0.1) is 17.2 Å². The number of sulfonamides is 1. The van der Waals surface area contributed by atoms with Gasteiger partial charge in [-0.15, -0.1) is 0 Å². The van der Waals surface area contributed by atoms with Crippen LogP contribution in [0.1, 0.15) is 26.2 Å². The molecule has 0 spiro atoms. The Bertz CT molecular complexity index is 879. The summed E-state index contributed by atoms with van der Waals surface area (Å²) in [5, 5.41) is 0. The average molecular weight is 374 g/mol. The summed E-state index contributed by atoms with van der Waals surface area (Å²) < 4.78 is 33.1. The Morgan fingerprint density at radius 2 is 1.88 bits per heavy atom. The average Bonchev–Trinajstić information content (AvgIpc) is 2.63. The van der Waals surface area contributed by atoms with Crippen molar-refractivity contribution < 1.29 is 17.9 Å². The van der Waals surface area contributed by atoms with E-state index in [4.69, 9.17) is 4.74 Å². The molecule has 1 heterocycles. The van der Waals surface area contributed by atoms with Crippen molar-refractivity contribution in [3.63, 3.8) is 0 Å². The van der Waals surface area contributed by atoms with E-state index in [0.29, 0.717) is 36.7 Å². The van der Waals surface area contributed by atoms with E-state index in [9.17, 15) is 13.2 Å². The number of nitrogens with one attached hydrogen (secondary N) is 1. The van der Waals surface area contributed by atoms with E-state index in [1.54, 1.807) is 35.2 Å². The minimum atomic E-state index is -3.72. The van der Waals surface area contributed by atoms with Crippen molar-refractivity contribution in [2.24, 2.45) is 0 Å². The van der Waals surface area contributed by atoms with Crippen molar-refractivity contribution in [3.05, 3.63) is 48.5 Å². The van der Waals surface area contributed by atoms with Crippen molar-refractivity contribution in [1.29, 1.82) is 0 Å². The number of nitrogens with zero attached hydrogens (tertiary/aromatic N) is 1.